The first-order valence-electron chi connectivity index (χ1n) is 7.04. The molecule has 3 rings (SSSR count). The zero-order valence-electron chi connectivity index (χ0n) is 12.0. The summed E-state index contributed by atoms with van der Waals surface area (Å²) in [5, 5.41) is 24.3. The molecule has 0 spiro atoms. The Balaban J connectivity index is 1.81. The molecule has 0 aromatic heterocycles. The van der Waals surface area contributed by atoms with Crippen LogP contribution in [-0.4, -0.2) is 83.2 Å². The van der Waals surface area contributed by atoms with Gasteiger partial charge in [-0.05, 0) is 6.92 Å². The minimum absolute atomic E-state index is 0.0260. The van der Waals surface area contributed by atoms with Crippen molar-refractivity contribution in [2.75, 3.05) is 19.8 Å². The van der Waals surface area contributed by atoms with E-state index >= 15 is 0 Å². The standard InChI is InChI=1S/C12H18FN5O4/c1-2-21-11-10-15-3-5(18(10)17-12(14)16-11)9-7(13)8(20)6(4-19)22-9/h5-9,19-20H,2-4H2,1H3,(H2,14,17). The Morgan fingerprint density at radius 2 is 2.32 bits per heavy atom. The average Bonchev–Trinajstić information content (AvgIpc) is 3.02. The Morgan fingerprint density at radius 3 is 2.95 bits per heavy atom. The van der Waals surface area contributed by atoms with Gasteiger partial charge in [0.2, 0.25) is 11.8 Å². The number of aliphatic hydroxyl groups excluding tert-OH is 2. The quantitative estimate of drug-likeness (QED) is 0.564. The first-order chi connectivity index (χ1) is 10.6. The molecule has 5 atom stereocenters. The number of guanidine groups is 1. The van der Waals surface area contributed by atoms with Crippen molar-refractivity contribution in [3.63, 3.8) is 0 Å². The van der Waals surface area contributed by atoms with Crippen LogP contribution >= 0.6 is 0 Å². The van der Waals surface area contributed by atoms with Crippen molar-refractivity contribution in [1.82, 2.24) is 5.01 Å². The number of amidine groups is 1. The van der Waals surface area contributed by atoms with Crippen LogP contribution in [-0.2, 0) is 9.47 Å². The smallest absolute Gasteiger partial charge is 0.262 e. The number of fused-ring (bicyclic) bond motifs is 1. The Kier molecular flexibility index (Phi) is 3.98. The van der Waals surface area contributed by atoms with Crippen molar-refractivity contribution in [2.45, 2.75) is 37.4 Å². The van der Waals surface area contributed by atoms with E-state index in [0.717, 1.165) is 0 Å². The molecule has 0 aromatic rings. The molecule has 10 heteroatoms. The van der Waals surface area contributed by atoms with E-state index in [0.29, 0.717) is 12.4 Å². The molecule has 22 heavy (non-hydrogen) atoms. The number of aliphatic imine (C=N–C) groups is 2. The van der Waals surface area contributed by atoms with Gasteiger partial charge in [0.1, 0.15) is 24.4 Å². The second-order valence-corrected chi connectivity index (χ2v) is 5.14. The van der Waals surface area contributed by atoms with E-state index in [9.17, 15) is 9.50 Å². The highest BCUT2D eigenvalue weighted by Gasteiger charge is 2.51. The Bertz CT molecular complexity index is 540. The molecule has 3 aliphatic heterocycles. The average molecular weight is 315 g/mol. The van der Waals surface area contributed by atoms with E-state index in [4.69, 9.17) is 20.3 Å². The number of hydrogen-bond acceptors (Lipinski definition) is 9. The molecule has 0 radical (unpaired) electrons. The fourth-order valence-corrected chi connectivity index (χ4v) is 2.75. The van der Waals surface area contributed by atoms with Gasteiger partial charge in [-0.2, -0.15) is 4.99 Å². The summed E-state index contributed by atoms with van der Waals surface area (Å²) in [7, 11) is 0. The van der Waals surface area contributed by atoms with Crippen molar-refractivity contribution in [2.24, 2.45) is 20.8 Å². The Hall–Kier alpha value is -1.78. The number of halogens is 1. The van der Waals surface area contributed by atoms with E-state index in [1.165, 1.54) is 5.01 Å². The van der Waals surface area contributed by atoms with Gasteiger partial charge in [-0.3, -0.25) is 4.99 Å². The van der Waals surface area contributed by atoms with Crippen LogP contribution in [0.1, 0.15) is 6.92 Å². The van der Waals surface area contributed by atoms with Gasteiger partial charge in [-0.25, -0.2) is 9.40 Å². The summed E-state index contributed by atoms with van der Waals surface area (Å²) in [5.41, 5.74) is 5.65. The molecule has 3 heterocycles. The van der Waals surface area contributed by atoms with Gasteiger partial charge in [0, 0.05) is 0 Å². The normalized spacial score (nSPS) is 37.5. The van der Waals surface area contributed by atoms with E-state index in [1.54, 1.807) is 6.92 Å². The van der Waals surface area contributed by atoms with Crippen LogP contribution in [0.15, 0.2) is 15.1 Å². The summed E-state index contributed by atoms with van der Waals surface area (Å²) in [6.45, 7) is 1.91. The minimum Gasteiger partial charge on any atom is -0.475 e. The van der Waals surface area contributed by atoms with Crippen molar-refractivity contribution < 1.29 is 24.1 Å². The van der Waals surface area contributed by atoms with Crippen molar-refractivity contribution in [3.05, 3.63) is 0 Å². The molecule has 0 aliphatic carbocycles. The van der Waals surface area contributed by atoms with E-state index in [2.05, 4.69) is 15.1 Å². The highest BCUT2D eigenvalue weighted by Crippen LogP contribution is 2.31. The third kappa shape index (κ3) is 2.32. The van der Waals surface area contributed by atoms with Gasteiger partial charge in [-0.1, -0.05) is 0 Å². The lowest BCUT2D eigenvalue weighted by molar-refractivity contribution is -0.0391. The van der Waals surface area contributed by atoms with Gasteiger partial charge in [0.25, 0.3) is 5.90 Å². The largest absolute Gasteiger partial charge is 0.475 e. The summed E-state index contributed by atoms with van der Waals surface area (Å²) in [4.78, 5) is 8.23. The second kappa shape index (κ2) is 5.78. The number of nitrogens with zero attached hydrogens (tertiary/aromatic N) is 4. The fraction of sp³-hybridized carbons (Fsp3) is 0.750. The zero-order valence-corrected chi connectivity index (χ0v) is 12.0. The second-order valence-electron chi connectivity index (χ2n) is 5.14. The fourth-order valence-electron chi connectivity index (χ4n) is 2.75. The highest BCUT2D eigenvalue weighted by atomic mass is 19.1. The van der Waals surface area contributed by atoms with E-state index < -0.39 is 37.1 Å². The summed E-state index contributed by atoms with van der Waals surface area (Å²) >= 11 is 0. The lowest BCUT2D eigenvalue weighted by Crippen LogP contribution is -2.49. The number of hydrazone groups is 1. The number of ether oxygens (including phenoxy) is 2. The number of rotatable bonds is 3. The maximum absolute atomic E-state index is 14.3. The molecular formula is C12H18FN5O4. The van der Waals surface area contributed by atoms with Crippen molar-refractivity contribution in [3.8, 4) is 0 Å². The van der Waals surface area contributed by atoms with Gasteiger partial charge in [0.15, 0.2) is 6.17 Å². The summed E-state index contributed by atoms with van der Waals surface area (Å²) in [6.07, 6.45) is -4.98. The molecule has 0 aromatic carbocycles. The zero-order chi connectivity index (χ0) is 15.9. The monoisotopic (exact) mass is 315 g/mol. The topological polar surface area (TPSA) is 125 Å². The highest BCUT2D eigenvalue weighted by molar-refractivity contribution is 6.40. The van der Waals surface area contributed by atoms with Gasteiger partial charge < -0.3 is 25.4 Å². The molecule has 5 unspecified atom stereocenters. The van der Waals surface area contributed by atoms with Gasteiger partial charge in [-0.15, -0.1) is 5.10 Å². The lowest BCUT2D eigenvalue weighted by Gasteiger charge is -2.29. The van der Waals surface area contributed by atoms with Crippen LogP contribution in [0.3, 0.4) is 0 Å². The molecule has 3 aliphatic rings. The maximum Gasteiger partial charge on any atom is 0.262 e. The van der Waals surface area contributed by atoms with Crippen LogP contribution in [0.25, 0.3) is 0 Å². The lowest BCUT2D eigenvalue weighted by atomic mass is 10.0. The molecule has 0 amide bonds. The van der Waals surface area contributed by atoms with Crippen LogP contribution in [0.2, 0.25) is 0 Å². The van der Waals surface area contributed by atoms with Crippen molar-refractivity contribution in [1.29, 1.82) is 0 Å². The van der Waals surface area contributed by atoms with Gasteiger partial charge in [0.05, 0.1) is 19.8 Å². The molecule has 4 N–H and O–H groups in total. The minimum atomic E-state index is -1.65. The number of hydrogen-bond donors (Lipinski definition) is 3. The number of nitrogens with two attached hydrogens (primary N) is 1. The summed E-state index contributed by atoms with van der Waals surface area (Å²) in [6, 6.07) is -0.583. The number of alkyl halides is 1. The van der Waals surface area contributed by atoms with Gasteiger partial charge >= 0.3 is 0 Å². The first-order valence-corrected chi connectivity index (χ1v) is 7.04. The molecule has 0 saturated carbocycles. The first kappa shape index (κ1) is 15.1. The predicted molar refractivity (Wildman–Crippen MR) is 75.3 cm³/mol. The molecule has 9 nitrogen and oxygen atoms in total. The Morgan fingerprint density at radius 1 is 1.55 bits per heavy atom. The summed E-state index contributed by atoms with van der Waals surface area (Å²) in [5.74, 6) is 0.561. The van der Waals surface area contributed by atoms with Crippen LogP contribution in [0.4, 0.5) is 4.39 Å². The van der Waals surface area contributed by atoms with Crippen molar-refractivity contribution >= 4 is 17.7 Å². The maximum atomic E-state index is 14.3. The molecule has 0 bridgehead atoms. The third-order valence-corrected chi connectivity index (χ3v) is 3.77. The SMILES string of the molecule is CCOC1=NC(N)=NN2C1=NCC2C1OC(CO)C(O)C1F. The van der Waals surface area contributed by atoms with E-state index in [1.807, 2.05) is 0 Å². The van der Waals surface area contributed by atoms with Crippen LogP contribution < -0.4 is 5.73 Å². The molecule has 1 fully saturated rings. The molecule has 1 saturated heterocycles. The predicted octanol–water partition coefficient (Wildman–Crippen LogP) is -1.79. The summed E-state index contributed by atoms with van der Waals surface area (Å²) < 4.78 is 25.0. The third-order valence-electron chi connectivity index (χ3n) is 3.77. The Labute approximate surface area is 125 Å². The number of aliphatic hydroxyl groups is 2. The molecular weight excluding hydrogens is 297 g/mol. The molecule has 122 valence electrons. The van der Waals surface area contributed by atoms with Crippen LogP contribution in [0.5, 0.6) is 0 Å². The van der Waals surface area contributed by atoms with E-state index in [-0.39, 0.29) is 18.4 Å². The van der Waals surface area contributed by atoms with Crippen LogP contribution in [0, 0.1) is 0 Å².